The van der Waals surface area contributed by atoms with Gasteiger partial charge in [0.2, 0.25) is 0 Å². The molecular formula is C22H22BrN3O3. The Morgan fingerprint density at radius 1 is 1.17 bits per heavy atom. The molecule has 0 saturated heterocycles. The van der Waals surface area contributed by atoms with E-state index >= 15 is 0 Å². The van der Waals surface area contributed by atoms with Crippen LogP contribution >= 0.6 is 15.9 Å². The topological polar surface area (TPSA) is 71.0 Å². The second-order valence-electron chi connectivity index (χ2n) is 7.30. The molecule has 0 atom stereocenters. The van der Waals surface area contributed by atoms with E-state index in [9.17, 15) is 9.59 Å². The van der Waals surface area contributed by atoms with Crippen LogP contribution in [0.15, 0.2) is 35.3 Å². The maximum absolute atomic E-state index is 12.5. The van der Waals surface area contributed by atoms with E-state index in [0.717, 1.165) is 46.1 Å². The number of alkyl halides is 1. The van der Waals surface area contributed by atoms with E-state index in [4.69, 9.17) is 9.73 Å². The predicted octanol–water partition coefficient (Wildman–Crippen LogP) is 1.61. The fourth-order valence-corrected chi connectivity index (χ4v) is 4.04. The summed E-state index contributed by atoms with van der Waals surface area (Å²) in [6, 6.07) is 9.90. The van der Waals surface area contributed by atoms with Crippen molar-refractivity contribution in [1.29, 1.82) is 0 Å². The maximum atomic E-state index is 12.5. The van der Waals surface area contributed by atoms with Gasteiger partial charge in [0.25, 0.3) is 5.91 Å². The Hall–Kier alpha value is -2.51. The summed E-state index contributed by atoms with van der Waals surface area (Å²) >= 11 is 3.23. The highest BCUT2D eigenvalue weighted by Crippen LogP contribution is 2.26. The first kappa shape index (κ1) is 19.8. The number of ether oxygens (including phenoxy) is 1. The molecule has 0 radical (unpaired) electrons. The fourth-order valence-electron chi connectivity index (χ4n) is 3.88. The average molecular weight is 456 g/mol. The smallest absolute Gasteiger partial charge is 0.344 e. The minimum Gasteiger partial charge on any atom is -0.461 e. The predicted molar refractivity (Wildman–Crippen MR) is 116 cm³/mol. The van der Waals surface area contributed by atoms with Crippen LogP contribution in [0.5, 0.6) is 0 Å². The van der Waals surface area contributed by atoms with Crippen LogP contribution < -0.4 is 15.9 Å². The molecule has 0 spiro atoms. The highest BCUT2D eigenvalue weighted by Gasteiger charge is 2.31. The zero-order valence-electron chi connectivity index (χ0n) is 16.4. The molecule has 7 heteroatoms. The number of anilines is 1. The Balaban J connectivity index is 1.92. The summed E-state index contributed by atoms with van der Waals surface area (Å²) in [5.74, 6) is -1.000. The average Bonchev–Trinajstić information content (AvgIpc) is 3.19. The van der Waals surface area contributed by atoms with E-state index < -0.39 is 11.9 Å². The van der Waals surface area contributed by atoms with E-state index in [1.807, 2.05) is 30.3 Å². The van der Waals surface area contributed by atoms with Crippen LogP contribution in [0.25, 0.3) is 16.3 Å². The van der Waals surface area contributed by atoms with E-state index in [1.165, 1.54) is 0 Å². The molecule has 0 fully saturated rings. The molecule has 150 valence electrons. The van der Waals surface area contributed by atoms with Crippen molar-refractivity contribution < 1.29 is 14.3 Å². The zero-order chi connectivity index (χ0) is 20.5. The molecule has 1 N–H and O–H groups in total. The molecule has 4 rings (SSSR count). The van der Waals surface area contributed by atoms with Crippen LogP contribution in [0, 0.1) is 10.4 Å². The first-order chi connectivity index (χ1) is 14.0. The number of esters is 1. The highest BCUT2D eigenvalue weighted by atomic mass is 79.9. The molecule has 0 bridgehead atoms. The molecule has 1 aliphatic heterocycles. The van der Waals surface area contributed by atoms with Gasteiger partial charge in [0.15, 0.2) is 0 Å². The van der Waals surface area contributed by atoms with Gasteiger partial charge in [0.05, 0.1) is 11.0 Å². The van der Waals surface area contributed by atoms with Gasteiger partial charge in [0.1, 0.15) is 12.2 Å². The summed E-state index contributed by atoms with van der Waals surface area (Å²) in [5.41, 5.74) is 0.764. The second-order valence-corrected chi connectivity index (χ2v) is 8.10. The summed E-state index contributed by atoms with van der Waals surface area (Å²) in [7, 11) is 4.11. The van der Waals surface area contributed by atoms with Crippen molar-refractivity contribution in [1.82, 2.24) is 4.90 Å². The lowest BCUT2D eigenvalue weighted by molar-refractivity contribution is -0.136. The SMILES string of the molecule is CN(C)CCCN=c1ccc2c3c(c4cccc1c4=2)NC(=O)C=3C(=O)OCCBr. The number of halogens is 1. The van der Waals surface area contributed by atoms with Crippen molar-refractivity contribution in [2.75, 3.05) is 44.4 Å². The van der Waals surface area contributed by atoms with E-state index in [2.05, 4.69) is 40.2 Å². The Bertz CT molecular complexity index is 1270. The normalized spacial score (nSPS) is 14.3. The monoisotopic (exact) mass is 455 g/mol. The number of carbonyl (C=O) groups excluding carboxylic acids is 2. The summed E-state index contributed by atoms with van der Waals surface area (Å²) in [6.07, 6.45) is 0.984. The summed E-state index contributed by atoms with van der Waals surface area (Å²) < 4.78 is 5.22. The molecule has 6 nitrogen and oxygen atoms in total. The third-order valence-corrected chi connectivity index (χ3v) is 5.41. The maximum Gasteiger partial charge on any atom is 0.344 e. The standard InChI is InChI=1S/C22H22BrN3O3/c1-26(2)11-4-10-24-16-8-7-14-17-13(16)5-3-6-15(17)20-18(14)19(21(27)25-20)22(28)29-12-9-23/h3,5-8H,4,9-12H2,1-2H3,(H,25,27). The number of nitrogens with one attached hydrogen (secondary N) is 1. The molecular weight excluding hydrogens is 434 g/mol. The zero-order valence-corrected chi connectivity index (χ0v) is 18.0. The van der Waals surface area contributed by atoms with E-state index in [0.29, 0.717) is 16.2 Å². The number of hydrogen-bond donors (Lipinski definition) is 1. The summed E-state index contributed by atoms with van der Waals surface area (Å²) in [5, 5.41) is 8.82. The molecule has 3 aliphatic rings. The molecule has 1 aromatic carbocycles. The summed E-state index contributed by atoms with van der Waals surface area (Å²) in [6.45, 7) is 1.95. The number of nitrogens with zero attached hydrogens (tertiary/aromatic N) is 2. The van der Waals surface area contributed by atoms with Gasteiger partial charge in [-0.2, -0.15) is 0 Å². The third-order valence-electron chi connectivity index (χ3n) is 5.08. The lowest BCUT2D eigenvalue weighted by Crippen LogP contribution is -2.20. The van der Waals surface area contributed by atoms with Crippen LogP contribution in [0.2, 0.25) is 0 Å². The van der Waals surface area contributed by atoms with Gasteiger partial charge in [-0.25, -0.2) is 4.79 Å². The van der Waals surface area contributed by atoms with Gasteiger partial charge in [0, 0.05) is 33.1 Å². The van der Waals surface area contributed by atoms with E-state index in [1.54, 1.807) is 0 Å². The molecule has 2 aliphatic carbocycles. The number of hydrogen-bond acceptors (Lipinski definition) is 5. The van der Waals surface area contributed by atoms with Crippen molar-refractivity contribution in [2.45, 2.75) is 6.42 Å². The fraction of sp³-hybridized carbons (Fsp3) is 0.318. The lowest BCUT2D eigenvalue weighted by atomic mass is 10.1. The molecule has 0 aromatic heterocycles. The Labute approximate surface area is 176 Å². The first-order valence-corrected chi connectivity index (χ1v) is 10.7. The summed E-state index contributed by atoms with van der Waals surface area (Å²) in [4.78, 5) is 31.9. The van der Waals surface area contributed by atoms with Gasteiger partial charge in [-0.05, 0) is 38.3 Å². The van der Waals surface area contributed by atoms with Crippen LogP contribution in [0.4, 0.5) is 5.69 Å². The minimum absolute atomic E-state index is 0.0779. The van der Waals surface area contributed by atoms with Gasteiger partial charge >= 0.3 is 5.97 Å². The Morgan fingerprint density at radius 2 is 1.97 bits per heavy atom. The van der Waals surface area contributed by atoms with Crippen molar-refractivity contribution >= 4 is 49.8 Å². The molecule has 0 unspecified atom stereocenters. The van der Waals surface area contributed by atoms with Crippen LogP contribution in [-0.2, 0) is 14.3 Å². The van der Waals surface area contributed by atoms with Gasteiger partial charge in [-0.1, -0.05) is 40.2 Å². The number of rotatable bonds is 7. The molecule has 1 amide bonds. The molecule has 29 heavy (non-hydrogen) atoms. The number of carbonyl (C=O) groups is 2. The van der Waals surface area contributed by atoms with Crippen molar-refractivity contribution in [2.24, 2.45) is 4.99 Å². The number of amides is 1. The quantitative estimate of drug-likeness (QED) is 0.333. The van der Waals surface area contributed by atoms with Gasteiger partial charge in [-0.15, -0.1) is 0 Å². The van der Waals surface area contributed by atoms with Crippen LogP contribution in [0.1, 0.15) is 6.42 Å². The van der Waals surface area contributed by atoms with Crippen LogP contribution in [0.3, 0.4) is 0 Å². The van der Waals surface area contributed by atoms with Crippen molar-refractivity contribution in [3.8, 4) is 0 Å². The largest absolute Gasteiger partial charge is 0.461 e. The lowest BCUT2D eigenvalue weighted by Gasteiger charge is -2.06. The third kappa shape index (κ3) is 3.49. The molecule has 1 aromatic rings. The first-order valence-electron chi connectivity index (χ1n) is 9.57. The van der Waals surface area contributed by atoms with E-state index in [-0.39, 0.29) is 12.2 Å². The second kappa shape index (κ2) is 8.08. The Morgan fingerprint density at radius 3 is 2.72 bits per heavy atom. The molecule has 0 saturated carbocycles. The van der Waals surface area contributed by atoms with Crippen molar-refractivity contribution in [3.63, 3.8) is 0 Å². The highest BCUT2D eigenvalue weighted by molar-refractivity contribution is 9.09. The van der Waals surface area contributed by atoms with Gasteiger partial charge in [-0.3, -0.25) is 9.79 Å². The minimum atomic E-state index is -0.592. The molecule has 1 heterocycles. The Kier molecular flexibility index (Phi) is 5.52. The number of fused-ring (bicyclic) bond motifs is 3. The van der Waals surface area contributed by atoms with Gasteiger partial charge < -0.3 is 15.0 Å². The van der Waals surface area contributed by atoms with Crippen LogP contribution in [-0.4, -0.2) is 55.9 Å². The van der Waals surface area contributed by atoms with Crippen molar-refractivity contribution in [3.05, 3.63) is 51.3 Å². The number of benzene rings is 1.